The summed E-state index contributed by atoms with van der Waals surface area (Å²) in [7, 11) is 0. The van der Waals surface area contributed by atoms with E-state index in [1.807, 2.05) is 43.5 Å². The number of hydrogen-bond donors (Lipinski definition) is 0. The highest BCUT2D eigenvalue weighted by Gasteiger charge is 2.19. The van der Waals surface area contributed by atoms with Crippen LogP contribution in [0.15, 0.2) is 71.6 Å². The normalized spacial score (nSPS) is 10.8. The summed E-state index contributed by atoms with van der Waals surface area (Å²) < 4.78 is 7.19. The lowest BCUT2D eigenvalue weighted by Crippen LogP contribution is -1.92. The van der Waals surface area contributed by atoms with Gasteiger partial charge in [-0.2, -0.15) is 0 Å². The first-order chi connectivity index (χ1) is 12.6. The Bertz CT molecular complexity index is 1070. The predicted molar refractivity (Wildman–Crippen MR) is 95.9 cm³/mol. The second kappa shape index (κ2) is 6.29. The van der Waals surface area contributed by atoms with Gasteiger partial charge in [0.05, 0.1) is 22.5 Å². The van der Waals surface area contributed by atoms with Crippen molar-refractivity contribution in [1.82, 2.24) is 14.7 Å². The van der Waals surface area contributed by atoms with Gasteiger partial charge in [-0.1, -0.05) is 35.5 Å². The summed E-state index contributed by atoms with van der Waals surface area (Å²) in [5, 5.41) is 15.0. The molecule has 7 heteroatoms. The molecule has 2 aromatic heterocycles. The standard InChI is InChI=1S/C19H14N4O3/c1-13-18(19(21-26-13)14-5-3-2-4-6-14)17-11-22(12-20-17)15-7-9-16(10-8-15)23(24)25/h2-12H,1H3. The molecule has 0 aliphatic rings. The molecule has 4 aromatic rings. The van der Waals surface area contributed by atoms with Crippen LogP contribution in [0.5, 0.6) is 0 Å². The number of aryl methyl sites for hydroxylation is 1. The van der Waals surface area contributed by atoms with Gasteiger partial charge in [0.25, 0.3) is 5.69 Å². The fraction of sp³-hybridized carbons (Fsp3) is 0.0526. The molecular formula is C19H14N4O3. The molecule has 128 valence electrons. The molecule has 26 heavy (non-hydrogen) atoms. The molecule has 4 rings (SSSR count). The van der Waals surface area contributed by atoms with Crippen molar-refractivity contribution in [2.75, 3.05) is 0 Å². The molecule has 0 atom stereocenters. The van der Waals surface area contributed by atoms with E-state index in [0.717, 1.165) is 28.2 Å². The van der Waals surface area contributed by atoms with Crippen molar-refractivity contribution in [2.45, 2.75) is 6.92 Å². The van der Waals surface area contributed by atoms with E-state index in [1.165, 1.54) is 12.1 Å². The highest BCUT2D eigenvalue weighted by atomic mass is 16.6. The minimum Gasteiger partial charge on any atom is -0.360 e. The van der Waals surface area contributed by atoms with Crippen LogP contribution in [0.2, 0.25) is 0 Å². The van der Waals surface area contributed by atoms with Crippen LogP contribution in [0, 0.1) is 17.0 Å². The monoisotopic (exact) mass is 346 g/mol. The lowest BCUT2D eigenvalue weighted by molar-refractivity contribution is -0.384. The first kappa shape index (κ1) is 15.8. The van der Waals surface area contributed by atoms with Crippen molar-refractivity contribution >= 4 is 5.69 Å². The van der Waals surface area contributed by atoms with E-state index in [2.05, 4.69) is 10.1 Å². The summed E-state index contributed by atoms with van der Waals surface area (Å²) >= 11 is 0. The molecule has 7 nitrogen and oxygen atoms in total. The summed E-state index contributed by atoms with van der Waals surface area (Å²) in [4.78, 5) is 14.8. The number of benzene rings is 2. The van der Waals surface area contributed by atoms with Crippen LogP contribution in [0.4, 0.5) is 5.69 Å². The van der Waals surface area contributed by atoms with E-state index in [4.69, 9.17) is 4.52 Å². The molecule has 0 fully saturated rings. The third-order valence-corrected chi connectivity index (χ3v) is 4.11. The summed E-state index contributed by atoms with van der Waals surface area (Å²) in [5.41, 5.74) is 4.07. The van der Waals surface area contributed by atoms with Crippen molar-refractivity contribution in [3.05, 3.63) is 83.0 Å². The largest absolute Gasteiger partial charge is 0.360 e. The number of non-ortho nitro benzene ring substituents is 1. The number of nitrogens with zero attached hydrogens (tertiary/aromatic N) is 4. The quantitative estimate of drug-likeness (QED) is 0.403. The van der Waals surface area contributed by atoms with Gasteiger partial charge in [0.15, 0.2) is 0 Å². The second-order valence-electron chi connectivity index (χ2n) is 5.77. The minimum absolute atomic E-state index is 0.0512. The van der Waals surface area contributed by atoms with E-state index in [0.29, 0.717) is 5.76 Å². The number of hydrogen-bond acceptors (Lipinski definition) is 5. The first-order valence-electron chi connectivity index (χ1n) is 7.94. The Morgan fingerprint density at radius 2 is 1.81 bits per heavy atom. The fourth-order valence-corrected chi connectivity index (χ4v) is 2.81. The van der Waals surface area contributed by atoms with E-state index in [-0.39, 0.29) is 5.69 Å². The Balaban J connectivity index is 1.73. The third kappa shape index (κ3) is 2.75. The Hall–Kier alpha value is -3.74. The molecule has 0 radical (unpaired) electrons. The molecule has 0 saturated heterocycles. The Kier molecular flexibility index (Phi) is 3.81. The molecular weight excluding hydrogens is 332 g/mol. The first-order valence-corrected chi connectivity index (χ1v) is 7.94. The van der Waals surface area contributed by atoms with Crippen LogP contribution >= 0.6 is 0 Å². The molecule has 2 aromatic carbocycles. The summed E-state index contributed by atoms with van der Waals surface area (Å²) in [6, 6.07) is 16.1. The lowest BCUT2D eigenvalue weighted by Gasteiger charge is -2.01. The average molecular weight is 346 g/mol. The molecule has 0 aliphatic carbocycles. The van der Waals surface area contributed by atoms with Crippen LogP contribution in [0.25, 0.3) is 28.2 Å². The van der Waals surface area contributed by atoms with Gasteiger partial charge in [-0.15, -0.1) is 0 Å². The summed E-state index contributed by atoms with van der Waals surface area (Å²) in [5.74, 6) is 0.679. The second-order valence-corrected chi connectivity index (χ2v) is 5.77. The zero-order valence-corrected chi connectivity index (χ0v) is 13.9. The maximum Gasteiger partial charge on any atom is 0.269 e. The Morgan fingerprint density at radius 3 is 2.50 bits per heavy atom. The van der Waals surface area contributed by atoms with Gasteiger partial charge >= 0.3 is 0 Å². The lowest BCUT2D eigenvalue weighted by atomic mass is 10.0. The molecule has 0 bridgehead atoms. The van der Waals surface area contributed by atoms with Crippen molar-refractivity contribution in [2.24, 2.45) is 0 Å². The fourth-order valence-electron chi connectivity index (χ4n) is 2.81. The maximum atomic E-state index is 10.8. The van der Waals surface area contributed by atoms with Crippen LogP contribution < -0.4 is 0 Å². The average Bonchev–Trinajstić information content (AvgIpc) is 3.29. The predicted octanol–water partition coefficient (Wildman–Crippen LogP) is 4.41. The van der Waals surface area contributed by atoms with Gasteiger partial charge in [-0.3, -0.25) is 10.1 Å². The van der Waals surface area contributed by atoms with E-state index in [1.54, 1.807) is 23.0 Å². The molecule has 0 N–H and O–H groups in total. The molecule has 0 spiro atoms. The van der Waals surface area contributed by atoms with Gasteiger partial charge in [-0.05, 0) is 19.1 Å². The number of imidazole rings is 1. The van der Waals surface area contributed by atoms with Gasteiger partial charge in [0.2, 0.25) is 0 Å². The zero-order valence-electron chi connectivity index (χ0n) is 13.9. The van der Waals surface area contributed by atoms with Gasteiger partial charge < -0.3 is 9.09 Å². The Morgan fingerprint density at radius 1 is 1.08 bits per heavy atom. The van der Waals surface area contributed by atoms with Crippen molar-refractivity contribution in [3.8, 4) is 28.2 Å². The number of nitro groups is 1. The van der Waals surface area contributed by atoms with Gasteiger partial charge in [0.1, 0.15) is 11.5 Å². The summed E-state index contributed by atoms with van der Waals surface area (Å²) in [6.45, 7) is 1.85. The van der Waals surface area contributed by atoms with Crippen LogP contribution in [-0.4, -0.2) is 19.6 Å². The van der Waals surface area contributed by atoms with Crippen molar-refractivity contribution < 1.29 is 9.45 Å². The Labute approximate surface area is 148 Å². The molecule has 0 saturated carbocycles. The summed E-state index contributed by atoms with van der Waals surface area (Å²) in [6.07, 6.45) is 3.52. The highest BCUT2D eigenvalue weighted by Crippen LogP contribution is 2.33. The third-order valence-electron chi connectivity index (χ3n) is 4.11. The minimum atomic E-state index is -0.421. The maximum absolute atomic E-state index is 10.8. The topological polar surface area (TPSA) is 87.0 Å². The smallest absolute Gasteiger partial charge is 0.269 e. The van der Waals surface area contributed by atoms with E-state index < -0.39 is 4.92 Å². The molecule has 0 unspecified atom stereocenters. The van der Waals surface area contributed by atoms with Gasteiger partial charge in [0, 0.05) is 29.6 Å². The van der Waals surface area contributed by atoms with Crippen LogP contribution in [0.3, 0.4) is 0 Å². The van der Waals surface area contributed by atoms with E-state index in [9.17, 15) is 10.1 Å². The van der Waals surface area contributed by atoms with Crippen molar-refractivity contribution in [3.63, 3.8) is 0 Å². The molecule has 2 heterocycles. The van der Waals surface area contributed by atoms with E-state index >= 15 is 0 Å². The van der Waals surface area contributed by atoms with Gasteiger partial charge in [-0.25, -0.2) is 4.98 Å². The SMILES string of the molecule is Cc1onc(-c2ccccc2)c1-c1cn(-c2ccc([N+](=O)[O-])cc2)cn1. The highest BCUT2D eigenvalue weighted by molar-refractivity contribution is 5.79. The van der Waals surface area contributed by atoms with Crippen LogP contribution in [0.1, 0.15) is 5.76 Å². The zero-order chi connectivity index (χ0) is 18.1. The number of rotatable bonds is 4. The van der Waals surface area contributed by atoms with Crippen LogP contribution in [-0.2, 0) is 0 Å². The number of nitro benzene ring substituents is 1. The number of aromatic nitrogens is 3. The van der Waals surface area contributed by atoms with Crippen molar-refractivity contribution in [1.29, 1.82) is 0 Å². The molecule has 0 amide bonds. The molecule has 0 aliphatic heterocycles.